The Labute approximate surface area is 163 Å². The summed E-state index contributed by atoms with van der Waals surface area (Å²) < 4.78 is 12.6. The van der Waals surface area contributed by atoms with Gasteiger partial charge in [0, 0.05) is 12.6 Å². The Bertz CT molecular complexity index is 986. The minimum atomic E-state index is -0.161. The third-order valence-corrected chi connectivity index (χ3v) is 5.82. The number of ether oxygens (including phenoxy) is 2. The second kappa shape index (κ2) is 7.53. The summed E-state index contributed by atoms with van der Waals surface area (Å²) in [5.41, 5.74) is 0.867. The SMILES string of the molecule is CCc1nnc(NC(=O)CSc2nnc(-c3ccc4c(c3)OCO4)n2C)s1. The highest BCUT2D eigenvalue weighted by molar-refractivity contribution is 7.99. The molecule has 9 nitrogen and oxygen atoms in total. The van der Waals surface area contributed by atoms with Crippen LogP contribution >= 0.6 is 23.1 Å². The van der Waals surface area contributed by atoms with Crippen LogP contribution in [0.1, 0.15) is 11.9 Å². The maximum Gasteiger partial charge on any atom is 0.236 e. The molecule has 0 saturated carbocycles. The lowest BCUT2D eigenvalue weighted by molar-refractivity contribution is -0.113. The number of hydrogen-bond acceptors (Lipinski definition) is 9. The molecular formula is C16H16N6O3S2. The van der Waals surface area contributed by atoms with Gasteiger partial charge >= 0.3 is 0 Å². The van der Waals surface area contributed by atoms with E-state index in [1.807, 2.05) is 36.7 Å². The zero-order valence-electron chi connectivity index (χ0n) is 14.6. The number of nitrogens with zero attached hydrogens (tertiary/aromatic N) is 5. The summed E-state index contributed by atoms with van der Waals surface area (Å²) in [6.45, 7) is 2.22. The van der Waals surface area contributed by atoms with E-state index in [-0.39, 0.29) is 18.5 Å². The molecule has 3 aromatic rings. The number of fused-ring (bicyclic) bond motifs is 1. The van der Waals surface area contributed by atoms with Crippen molar-refractivity contribution in [2.24, 2.45) is 7.05 Å². The predicted molar refractivity (Wildman–Crippen MR) is 101 cm³/mol. The van der Waals surface area contributed by atoms with E-state index in [1.54, 1.807) is 0 Å². The van der Waals surface area contributed by atoms with E-state index in [0.29, 0.717) is 21.9 Å². The molecule has 3 heterocycles. The fourth-order valence-corrected chi connectivity index (χ4v) is 3.87. The molecule has 27 heavy (non-hydrogen) atoms. The van der Waals surface area contributed by atoms with Crippen LogP contribution in [0.5, 0.6) is 11.5 Å². The number of nitrogens with one attached hydrogen (secondary N) is 1. The minimum Gasteiger partial charge on any atom is -0.454 e. The molecule has 0 unspecified atom stereocenters. The second-order valence-corrected chi connectivity index (χ2v) is 7.63. The zero-order valence-corrected chi connectivity index (χ0v) is 16.3. The molecule has 0 spiro atoms. The Balaban J connectivity index is 1.41. The average Bonchev–Trinajstić information content (AvgIpc) is 3.39. The highest BCUT2D eigenvalue weighted by atomic mass is 32.2. The van der Waals surface area contributed by atoms with Crippen LogP contribution in [0.3, 0.4) is 0 Å². The fourth-order valence-electron chi connectivity index (χ4n) is 2.46. The van der Waals surface area contributed by atoms with E-state index < -0.39 is 0 Å². The van der Waals surface area contributed by atoms with Gasteiger partial charge in [-0.3, -0.25) is 10.1 Å². The molecular weight excluding hydrogens is 388 g/mol. The van der Waals surface area contributed by atoms with E-state index in [9.17, 15) is 4.79 Å². The van der Waals surface area contributed by atoms with Crippen molar-refractivity contribution in [2.75, 3.05) is 17.9 Å². The van der Waals surface area contributed by atoms with Crippen LogP contribution in [0.4, 0.5) is 5.13 Å². The number of anilines is 1. The number of carbonyl (C=O) groups excluding carboxylic acids is 1. The van der Waals surface area contributed by atoms with Crippen LogP contribution in [0.15, 0.2) is 23.4 Å². The van der Waals surface area contributed by atoms with Crippen LogP contribution < -0.4 is 14.8 Å². The molecule has 1 aliphatic rings. The Morgan fingerprint density at radius 1 is 1.26 bits per heavy atom. The number of aromatic nitrogens is 5. The number of aryl methyl sites for hydroxylation is 1. The lowest BCUT2D eigenvalue weighted by Crippen LogP contribution is -2.14. The third kappa shape index (κ3) is 3.74. The van der Waals surface area contributed by atoms with Crippen LogP contribution in [-0.4, -0.2) is 43.4 Å². The first kappa shape index (κ1) is 17.7. The van der Waals surface area contributed by atoms with Crippen LogP contribution in [0, 0.1) is 0 Å². The van der Waals surface area contributed by atoms with E-state index >= 15 is 0 Å². The van der Waals surface area contributed by atoms with Gasteiger partial charge in [0.2, 0.25) is 17.8 Å². The van der Waals surface area contributed by atoms with Crippen molar-refractivity contribution in [1.82, 2.24) is 25.0 Å². The van der Waals surface area contributed by atoms with Gasteiger partial charge in [-0.2, -0.15) is 0 Å². The Morgan fingerprint density at radius 3 is 2.93 bits per heavy atom. The maximum absolute atomic E-state index is 12.1. The first-order valence-electron chi connectivity index (χ1n) is 8.18. The summed E-state index contributed by atoms with van der Waals surface area (Å²) in [5, 5.41) is 21.1. The molecule has 0 bridgehead atoms. The molecule has 0 aliphatic carbocycles. The van der Waals surface area contributed by atoms with Gasteiger partial charge in [0.25, 0.3) is 0 Å². The summed E-state index contributed by atoms with van der Waals surface area (Å²) in [6, 6.07) is 5.62. The van der Waals surface area contributed by atoms with Crippen molar-refractivity contribution in [3.05, 3.63) is 23.2 Å². The van der Waals surface area contributed by atoms with Gasteiger partial charge in [-0.05, 0) is 24.6 Å². The van der Waals surface area contributed by atoms with E-state index in [1.165, 1.54) is 23.1 Å². The van der Waals surface area contributed by atoms with Gasteiger partial charge in [-0.1, -0.05) is 30.0 Å². The number of thioether (sulfide) groups is 1. The molecule has 1 N–H and O–H groups in total. The standard InChI is InChI=1S/C16H16N6O3S2/c1-3-13-18-20-15(27-13)17-12(23)7-26-16-21-19-14(22(16)2)9-4-5-10-11(6-9)25-8-24-10/h4-6H,3,7-8H2,1-2H3,(H,17,20,23). The topological polar surface area (TPSA) is 104 Å². The normalized spacial score (nSPS) is 12.4. The van der Waals surface area contributed by atoms with Crippen molar-refractivity contribution in [3.8, 4) is 22.9 Å². The molecule has 11 heteroatoms. The molecule has 0 atom stereocenters. The quantitative estimate of drug-likeness (QED) is 0.625. The number of carbonyl (C=O) groups is 1. The smallest absolute Gasteiger partial charge is 0.236 e. The zero-order chi connectivity index (χ0) is 18.8. The van der Waals surface area contributed by atoms with Crippen molar-refractivity contribution in [3.63, 3.8) is 0 Å². The Hall–Kier alpha value is -2.66. The fraction of sp³-hybridized carbons (Fsp3) is 0.312. The van der Waals surface area contributed by atoms with Gasteiger partial charge in [-0.15, -0.1) is 20.4 Å². The van der Waals surface area contributed by atoms with Gasteiger partial charge in [0.1, 0.15) is 5.01 Å². The lowest BCUT2D eigenvalue weighted by atomic mass is 10.2. The number of rotatable bonds is 6. The third-order valence-electron chi connectivity index (χ3n) is 3.81. The van der Waals surface area contributed by atoms with Crippen molar-refractivity contribution in [1.29, 1.82) is 0 Å². The molecule has 1 aliphatic heterocycles. The molecule has 1 aromatic carbocycles. The summed E-state index contributed by atoms with van der Waals surface area (Å²) in [4.78, 5) is 12.1. The van der Waals surface area contributed by atoms with Crippen LogP contribution in [0.2, 0.25) is 0 Å². The summed E-state index contributed by atoms with van der Waals surface area (Å²) in [5.74, 6) is 2.13. The number of amides is 1. The molecule has 1 amide bonds. The molecule has 0 fully saturated rings. The number of benzene rings is 1. The van der Waals surface area contributed by atoms with Gasteiger partial charge in [-0.25, -0.2) is 0 Å². The van der Waals surface area contributed by atoms with E-state index in [2.05, 4.69) is 25.7 Å². The second-order valence-electron chi connectivity index (χ2n) is 5.62. The first-order valence-corrected chi connectivity index (χ1v) is 9.98. The van der Waals surface area contributed by atoms with Crippen molar-refractivity contribution in [2.45, 2.75) is 18.5 Å². The average molecular weight is 404 g/mol. The summed E-state index contributed by atoms with van der Waals surface area (Å²) >= 11 is 2.68. The minimum absolute atomic E-state index is 0.161. The molecule has 4 rings (SSSR count). The van der Waals surface area contributed by atoms with E-state index in [0.717, 1.165) is 22.7 Å². The van der Waals surface area contributed by atoms with Gasteiger partial charge < -0.3 is 14.0 Å². The Kier molecular flexibility index (Phi) is 4.94. The Morgan fingerprint density at radius 2 is 2.11 bits per heavy atom. The maximum atomic E-state index is 12.1. The van der Waals surface area contributed by atoms with Crippen molar-refractivity contribution >= 4 is 34.1 Å². The van der Waals surface area contributed by atoms with Gasteiger partial charge in [0.05, 0.1) is 5.75 Å². The first-order chi connectivity index (χ1) is 13.1. The monoisotopic (exact) mass is 404 g/mol. The van der Waals surface area contributed by atoms with Crippen LogP contribution in [0.25, 0.3) is 11.4 Å². The summed E-state index contributed by atoms with van der Waals surface area (Å²) in [6.07, 6.45) is 0.795. The van der Waals surface area contributed by atoms with E-state index in [4.69, 9.17) is 9.47 Å². The molecule has 2 aromatic heterocycles. The molecule has 0 saturated heterocycles. The number of hydrogen-bond donors (Lipinski definition) is 1. The molecule has 140 valence electrons. The summed E-state index contributed by atoms with van der Waals surface area (Å²) in [7, 11) is 1.86. The van der Waals surface area contributed by atoms with Gasteiger partial charge in [0.15, 0.2) is 22.5 Å². The highest BCUT2D eigenvalue weighted by Gasteiger charge is 2.18. The largest absolute Gasteiger partial charge is 0.454 e. The molecule has 0 radical (unpaired) electrons. The predicted octanol–water partition coefficient (Wildman–Crippen LogP) is 2.36. The highest BCUT2D eigenvalue weighted by Crippen LogP contribution is 2.35. The lowest BCUT2D eigenvalue weighted by Gasteiger charge is -2.05. The van der Waals surface area contributed by atoms with Crippen LogP contribution in [-0.2, 0) is 18.3 Å². The van der Waals surface area contributed by atoms with Crippen molar-refractivity contribution < 1.29 is 14.3 Å².